The largest absolute Gasteiger partial charge is 0.383 e. The zero-order valence-corrected chi connectivity index (χ0v) is 15.0. The molecule has 0 aliphatic heterocycles. The van der Waals surface area contributed by atoms with E-state index >= 15 is 0 Å². The highest BCUT2D eigenvalue weighted by molar-refractivity contribution is 8.00. The zero-order valence-electron chi connectivity index (χ0n) is 13.4. The lowest BCUT2D eigenvalue weighted by Crippen LogP contribution is -2.21. The molecule has 0 spiro atoms. The Labute approximate surface area is 144 Å². The lowest BCUT2D eigenvalue weighted by atomic mass is 10.1. The highest BCUT2D eigenvalue weighted by atomic mass is 32.2. The van der Waals surface area contributed by atoms with E-state index in [4.69, 9.17) is 4.74 Å². The molecule has 1 N–H and O–H groups in total. The molecular formula is C15H20N4O2S2. The van der Waals surface area contributed by atoms with Gasteiger partial charge in [-0.3, -0.25) is 4.79 Å². The van der Waals surface area contributed by atoms with Crippen molar-refractivity contribution in [1.82, 2.24) is 15.1 Å². The van der Waals surface area contributed by atoms with Gasteiger partial charge in [-0.05, 0) is 17.7 Å². The van der Waals surface area contributed by atoms with Crippen LogP contribution in [0.25, 0.3) is 0 Å². The molecule has 2 aromatic rings. The van der Waals surface area contributed by atoms with Crippen LogP contribution in [0, 0.1) is 0 Å². The number of aromatic nitrogens is 2. The summed E-state index contributed by atoms with van der Waals surface area (Å²) < 4.78 is 5.88. The summed E-state index contributed by atoms with van der Waals surface area (Å²) in [6, 6.07) is 7.68. The third-order valence-electron chi connectivity index (χ3n) is 2.93. The molecule has 124 valence electrons. The highest BCUT2D eigenvalue weighted by Crippen LogP contribution is 2.28. The van der Waals surface area contributed by atoms with Crippen LogP contribution in [0.3, 0.4) is 0 Å². The number of rotatable bonds is 8. The van der Waals surface area contributed by atoms with Gasteiger partial charge in [-0.15, -0.1) is 10.2 Å². The first-order valence-corrected chi connectivity index (χ1v) is 8.90. The number of nitrogens with one attached hydrogen (secondary N) is 1. The lowest BCUT2D eigenvalue weighted by Gasteiger charge is -2.10. The van der Waals surface area contributed by atoms with Crippen molar-refractivity contribution < 1.29 is 9.53 Å². The van der Waals surface area contributed by atoms with Gasteiger partial charge in [-0.1, -0.05) is 35.2 Å². The van der Waals surface area contributed by atoms with E-state index in [1.807, 2.05) is 24.3 Å². The normalized spacial score (nSPS) is 10.6. The SMILES string of the molecule is COCCNc1nnc(SCc2cccc(C(=O)N(C)C)c2)s1. The molecule has 1 aromatic carbocycles. The van der Waals surface area contributed by atoms with Crippen molar-refractivity contribution in [3.8, 4) is 0 Å². The second-order valence-corrected chi connectivity index (χ2v) is 7.18. The van der Waals surface area contributed by atoms with Gasteiger partial charge in [-0.2, -0.15) is 0 Å². The molecule has 0 radical (unpaired) electrons. The first-order chi connectivity index (χ1) is 11.1. The highest BCUT2D eigenvalue weighted by Gasteiger charge is 2.09. The number of methoxy groups -OCH3 is 1. The summed E-state index contributed by atoms with van der Waals surface area (Å²) in [7, 11) is 5.17. The number of amides is 1. The lowest BCUT2D eigenvalue weighted by molar-refractivity contribution is 0.0827. The maximum atomic E-state index is 12.0. The van der Waals surface area contributed by atoms with Gasteiger partial charge >= 0.3 is 0 Å². The molecule has 0 unspecified atom stereocenters. The zero-order chi connectivity index (χ0) is 16.7. The van der Waals surface area contributed by atoms with Crippen molar-refractivity contribution in [2.24, 2.45) is 0 Å². The first kappa shape index (κ1) is 17.7. The number of carbonyl (C=O) groups is 1. The van der Waals surface area contributed by atoms with E-state index in [1.54, 1.807) is 37.9 Å². The molecule has 1 amide bonds. The summed E-state index contributed by atoms with van der Waals surface area (Å²) in [6.07, 6.45) is 0. The molecule has 0 fully saturated rings. The Morgan fingerprint density at radius 3 is 2.96 bits per heavy atom. The molecule has 0 aliphatic carbocycles. The minimum Gasteiger partial charge on any atom is -0.383 e. The second kappa shape index (κ2) is 8.85. The van der Waals surface area contributed by atoms with Gasteiger partial charge in [0.25, 0.3) is 5.91 Å². The Hall–Kier alpha value is -1.64. The van der Waals surface area contributed by atoms with E-state index in [-0.39, 0.29) is 5.91 Å². The third kappa shape index (κ3) is 5.49. The standard InChI is InChI=1S/C15H20N4O2S2/c1-19(2)13(20)12-6-4-5-11(9-12)10-22-15-18-17-14(23-15)16-7-8-21-3/h4-6,9H,7-8,10H2,1-3H3,(H,16,17). The maximum absolute atomic E-state index is 12.0. The van der Waals surface area contributed by atoms with Gasteiger partial charge in [0.1, 0.15) is 0 Å². The first-order valence-electron chi connectivity index (χ1n) is 7.10. The van der Waals surface area contributed by atoms with Crippen molar-refractivity contribution in [3.63, 3.8) is 0 Å². The number of nitrogens with zero attached hydrogens (tertiary/aromatic N) is 3. The molecule has 0 saturated carbocycles. The van der Waals surface area contributed by atoms with Crippen LogP contribution in [0.1, 0.15) is 15.9 Å². The molecule has 6 nitrogen and oxygen atoms in total. The van der Waals surface area contributed by atoms with Crippen molar-refractivity contribution in [2.45, 2.75) is 10.1 Å². The molecule has 23 heavy (non-hydrogen) atoms. The van der Waals surface area contributed by atoms with Crippen LogP contribution >= 0.6 is 23.1 Å². The smallest absolute Gasteiger partial charge is 0.253 e. The quantitative estimate of drug-likeness (QED) is 0.582. The predicted molar refractivity (Wildman–Crippen MR) is 94.3 cm³/mol. The monoisotopic (exact) mass is 352 g/mol. The fraction of sp³-hybridized carbons (Fsp3) is 0.400. The number of hydrogen-bond acceptors (Lipinski definition) is 7. The van der Waals surface area contributed by atoms with Gasteiger partial charge in [0.15, 0.2) is 4.34 Å². The number of thioether (sulfide) groups is 1. The molecule has 8 heteroatoms. The van der Waals surface area contributed by atoms with E-state index in [0.717, 1.165) is 20.8 Å². The van der Waals surface area contributed by atoms with Gasteiger partial charge in [0.05, 0.1) is 6.61 Å². The Morgan fingerprint density at radius 1 is 1.39 bits per heavy atom. The van der Waals surface area contributed by atoms with Crippen LogP contribution in [0.15, 0.2) is 28.6 Å². The summed E-state index contributed by atoms with van der Waals surface area (Å²) in [4.78, 5) is 13.6. The summed E-state index contributed by atoms with van der Waals surface area (Å²) in [5.41, 5.74) is 1.79. The van der Waals surface area contributed by atoms with E-state index < -0.39 is 0 Å². The Balaban J connectivity index is 1.91. The fourth-order valence-electron chi connectivity index (χ4n) is 1.80. The van der Waals surface area contributed by atoms with Gasteiger partial charge in [-0.25, -0.2) is 0 Å². The van der Waals surface area contributed by atoms with E-state index in [9.17, 15) is 4.79 Å². The Morgan fingerprint density at radius 2 is 2.22 bits per heavy atom. The minimum atomic E-state index is 0.0115. The average molecular weight is 352 g/mol. The topological polar surface area (TPSA) is 67.3 Å². The number of ether oxygens (including phenoxy) is 1. The summed E-state index contributed by atoms with van der Waals surface area (Å²) in [5.74, 6) is 0.763. The summed E-state index contributed by atoms with van der Waals surface area (Å²) in [6.45, 7) is 1.35. The van der Waals surface area contributed by atoms with E-state index in [1.165, 1.54) is 11.3 Å². The number of carbonyl (C=O) groups excluding carboxylic acids is 1. The number of hydrogen-bond donors (Lipinski definition) is 1. The van der Waals surface area contributed by atoms with Crippen LogP contribution in [0.4, 0.5) is 5.13 Å². The molecule has 0 atom stereocenters. The third-order valence-corrected chi connectivity index (χ3v) is 5.02. The van der Waals surface area contributed by atoms with Crippen LogP contribution in [0.5, 0.6) is 0 Å². The van der Waals surface area contributed by atoms with Crippen molar-refractivity contribution in [3.05, 3.63) is 35.4 Å². The van der Waals surface area contributed by atoms with Crippen LogP contribution in [-0.4, -0.2) is 55.4 Å². The second-order valence-electron chi connectivity index (χ2n) is 4.98. The summed E-state index contributed by atoms with van der Waals surface area (Å²) >= 11 is 3.13. The van der Waals surface area contributed by atoms with Crippen molar-refractivity contribution in [1.29, 1.82) is 0 Å². The molecule has 2 rings (SSSR count). The van der Waals surface area contributed by atoms with E-state index in [0.29, 0.717) is 18.7 Å². The van der Waals surface area contributed by atoms with Gasteiger partial charge in [0, 0.05) is 39.1 Å². The summed E-state index contributed by atoms with van der Waals surface area (Å²) in [5, 5.41) is 12.2. The van der Waals surface area contributed by atoms with Gasteiger partial charge < -0.3 is 15.0 Å². The predicted octanol–water partition coefficient (Wildman–Crippen LogP) is 2.59. The Bertz CT molecular complexity index is 646. The van der Waals surface area contributed by atoms with Crippen molar-refractivity contribution in [2.75, 3.05) is 39.7 Å². The van der Waals surface area contributed by atoms with Crippen LogP contribution in [0.2, 0.25) is 0 Å². The molecule has 0 bridgehead atoms. The van der Waals surface area contributed by atoms with Crippen LogP contribution < -0.4 is 5.32 Å². The van der Waals surface area contributed by atoms with Gasteiger partial charge in [0.2, 0.25) is 5.13 Å². The number of anilines is 1. The van der Waals surface area contributed by atoms with Crippen molar-refractivity contribution >= 4 is 34.1 Å². The molecule has 1 heterocycles. The average Bonchev–Trinajstić information content (AvgIpc) is 3.00. The maximum Gasteiger partial charge on any atom is 0.253 e. The molecular weight excluding hydrogens is 332 g/mol. The Kier molecular flexibility index (Phi) is 6.82. The van der Waals surface area contributed by atoms with Crippen LogP contribution in [-0.2, 0) is 10.5 Å². The molecule has 0 saturated heterocycles. The van der Waals surface area contributed by atoms with E-state index in [2.05, 4.69) is 15.5 Å². The fourth-order valence-corrected chi connectivity index (χ4v) is 3.52. The minimum absolute atomic E-state index is 0.0115. The number of benzene rings is 1. The molecule has 0 aliphatic rings. The molecule has 1 aromatic heterocycles.